The minimum Gasteiger partial charge on any atom is -0.361 e. The average Bonchev–Trinajstić information content (AvgIpc) is 3.13. The van der Waals surface area contributed by atoms with E-state index in [4.69, 9.17) is 4.52 Å². The van der Waals surface area contributed by atoms with Gasteiger partial charge in [0.05, 0.1) is 17.8 Å². The molecule has 1 N–H and O–H groups in total. The summed E-state index contributed by atoms with van der Waals surface area (Å²) in [5, 5.41) is 5.72. The van der Waals surface area contributed by atoms with Gasteiger partial charge in [0.15, 0.2) is 0 Å². The van der Waals surface area contributed by atoms with E-state index in [0.29, 0.717) is 28.9 Å². The van der Waals surface area contributed by atoms with Crippen LogP contribution in [0.5, 0.6) is 0 Å². The van der Waals surface area contributed by atoms with Crippen molar-refractivity contribution in [2.75, 3.05) is 7.05 Å². The van der Waals surface area contributed by atoms with Gasteiger partial charge in [-0.1, -0.05) is 5.16 Å². The summed E-state index contributed by atoms with van der Waals surface area (Å²) in [6, 6.07) is 1.80. The van der Waals surface area contributed by atoms with Crippen LogP contribution in [-0.4, -0.2) is 33.0 Å². The molecule has 0 unspecified atom stereocenters. The molecule has 3 aromatic rings. The number of carbonyl (C=O) groups is 1. The van der Waals surface area contributed by atoms with Gasteiger partial charge in [0, 0.05) is 19.0 Å². The van der Waals surface area contributed by atoms with E-state index in [0.717, 1.165) is 17.0 Å². The number of fused-ring (bicyclic) bond motifs is 1. The molecule has 0 saturated carbocycles. The topological polar surface area (TPSA) is 92.1 Å². The first-order valence-electron chi connectivity index (χ1n) is 7.58. The van der Waals surface area contributed by atoms with Gasteiger partial charge in [-0.3, -0.25) is 9.59 Å². The third kappa shape index (κ3) is 3.23. The maximum atomic E-state index is 12.3. The number of H-pyrrole nitrogens is 1. The van der Waals surface area contributed by atoms with Crippen LogP contribution in [0.25, 0.3) is 10.2 Å². The smallest absolute Gasteiger partial charge is 0.268 e. The van der Waals surface area contributed by atoms with Crippen LogP contribution in [-0.2, 0) is 17.8 Å². The molecule has 0 bridgehead atoms. The third-order valence-corrected chi connectivity index (χ3v) is 4.85. The monoisotopic (exact) mass is 346 g/mol. The van der Waals surface area contributed by atoms with Crippen molar-refractivity contribution in [3.8, 4) is 0 Å². The summed E-state index contributed by atoms with van der Waals surface area (Å²) >= 11 is 1.36. The summed E-state index contributed by atoms with van der Waals surface area (Å²) in [5.74, 6) is 1.21. The van der Waals surface area contributed by atoms with Gasteiger partial charge < -0.3 is 14.4 Å². The first-order chi connectivity index (χ1) is 11.5. The molecule has 3 rings (SSSR count). The lowest BCUT2D eigenvalue weighted by molar-refractivity contribution is -0.130. The molecule has 7 nitrogen and oxygen atoms in total. The van der Waals surface area contributed by atoms with E-state index in [9.17, 15) is 9.59 Å². The second kappa shape index (κ2) is 6.56. The molecule has 0 atom stereocenters. The van der Waals surface area contributed by atoms with E-state index >= 15 is 0 Å². The van der Waals surface area contributed by atoms with E-state index in [1.807, 2.05) is 19.2 Å². The number of nitrogens with zero attached hydrogens (tertiary/aromatic N) is 3. The Morgan fingerprint density at radius 2 is 2.21 bits per heavy atom. The molecule has 3 heterocycles. The summed E-state index contributed by atoms with van der Waals surface area (Å²) in [7, 11) is 1.70. The summed E-state index contributed by atoms with van der Waals surface area (Å²) in [6.07, 6.45) is 0.933. The van der Waals surface area contributed by atoms with Gasteiger partial charge in [-0.15, -0.1) is 11.3 Å². The lowest BCUT2D eigenvalue weighted by Gasteiger charge is -2.16. The lowest BCUT2D eigenvalue weighted by atomic mass is 10.1. The molecule has 0 aliphatic carbocycles. The molecule has 0 radical (unpaired) electrons. The van der Waals surface area contributed by atoms with Gasteiger partial charge in [-0.25, -0.2) is 4.98 Å². The molecule has 3 aromatic heterocycles. The number of aromatic nitrogens is 3. The molecule has 8 heteroatoms. The minimum absolute atomic E-state index is 0.0249. The molecular formula is C16H18N4O3S. The Balaban J connectivity index is 1.66. The number of nitrogens with one attached hydrogen (secondary N) is 1. The highest BCUT2D eigenvalue weighted by Crippen LogP contribution is 2.16. The summed E-state index contributed by atoms with van der Waals surface area (Å²) < 4.78 is 5.71. The van der Waals surface area contributed by atoms with Gasteiger partial charge in [-0.2, -0.15) is 0 Å². The lowest BCUT2D eigenvalue weighted by Crippen LogP contribution is -2.28. The Morgan fingerprint density at radius 1 is 1.42 bits per heavy atom. The number of amides is 1. The largest absolute Gasteiger partial charge is 0.361 e. The molecule has 0 aliphatic heterocycles. The fraction of sp³-hybridized carbons (Fsp3) is 0.375. The molecule has 0 spiro atoms. The van der Waals surface area contributed by atoms with Gasteiger partial charge in [0.2, 0.25) is 5.91 Å². The molecule has 126 valence electrons. The zero-order valence-corrected chi connectivity index (χ0v) is 14.6. The van der Waals surface area contributed by atoms with Crippen LogP contribution in [0.2, 0.25) is 0 Å². The van der Waals surface area contributed by atoms with Gasteiger partial charge in [-0.05, 0) is 31.7 Å². The van der Waals surface area contributed by atoms with Crippen LogP contribution in [0.1, 0.15) is 29.3 Å². The number of carbonyl (C=O) groups excluding carboxylic acids is 1. The Kier molecular flexibility index (Phi) is 4.48. The maximum Gasteiger partial charge on any atom is 0.268 e. The fourth-order valence-corrected chi connectivity index (χ4v) is 3.32. The maximum absolute atomic E-state index is 12.3. The SMILES string of the molecule is Cc1noc(C)c1CCC(=O)N(C)Cc1nc2ccsc2c(=O)[nH]1. The van der Waals surface area contributed by atoms with Crippen molar-refractivity contribution in [2.24, 2.45) is 0 Å². The van der Waals surface area contributed by atoms with E-state index in [1.54, 1.807) is 18.0 Å². The number of hydrogen-bond acceptors (Lipinski definition) is 6. The van der Waals surface area contributed by atoms with Crippen molar-refractivity contribution in [2.45, 2.75) is 33.2 Å². The van der Waals surface area contributed by atoms with E-state index in [2.05, 4.69) is 15.1 Å². The predicted octanol–water partition coefficient (Wildman–Crippen LogP) is 2.18. The van der Waals surface area contributed by atoms with Crippen LogP contribution < -0.4 is 5.56 Å². The normalized spacial score (nSPS) is 11.1. The Hall–Kier alpha value is -2.48. The number of aryl methyl sites for hydroxylation is 2. The van der Waals surface area contributed by atoms with Crippen LogP contribution in [0, 0.1) is 13.8 Å². The predicted molar refractivity (Wildman–Crippen MR) is 91.0 cm³/mol. The second-order valence-corrected chi connectivity index (χ2v) is 6.62. The minimum atomic E-state index is -0.165. The number of aromatic amines is 1. The third-order valence-electron chi connectivity index (χ3n) is 3.95. The van der Waals surface area contributed by atoms with E-state index in [1.165, 1.54) is 11.3 Å². The summed E-state index contributed by atoms with van der Waals surface area (Å²) in [4.78, 5) is 33.0. The van der Waals surface area contributed by atoms with Crippen LogP contribution in [0.15, 0.2) is 20.8 Å². The number of hydrogen-bond donors (Lipinski definition) is 1. The quantitative estimate of drug-likeness (QED) is 0.764. The van der Waals surface area contributed by atoms with Crippen molar-refractivity contribution in [3.05, 3.63) is 44.6 Å². The highest BCUT2D eigenvalue weighted by atomic mass is 32.1. The average molecular weight is 346 g/mol. The van der Waals surface area contributed by atoms with Crippen molar-refractivity contribution in [3.63, 3.8) is 0 Å². The molecule has 24 heavy (non-hydrogen) atoms. The van der Waals surface area contributed by atoms with Gasteiger partial charge in [0.25, 0.3) is 5.56 Å². The Morgan fingerprint density at radius 3 is 2.92 bits per heavy atom. The zero-order valence-electron chi connectivity index (χ0n) is 13.8. The Labute approximate surface area is 142 Å². The molecular weight excluding hydrogens is 328 g/mol. The highest BCUT2D eigenvalue weighted by molar-refractivity contribution is 7.17. The number of rotatable bonds is 5. The number of thiophene rings is 1. The summed E-state index contributed by atoms with van der Waals surface area (Å²) in [6.45, 7) is 3.97. The molecule has 1 amide bonds. The highest BCUT2D eigenvalue weighted by Gasteiger charge is 2.15. The first-order valence-corrected chi connectivity index (χ1v) is 8.45. The second-order valence-electron chi connectivity index (χ2n) is 5.70. The molecule has 0 saturated heterocycles. The van der Waals surface area contributed by atoms with Crippen molar-refractivity contribution < 1.29 is 9.32 Å². The molecule has 0 aromatic carbocycles. The fourth-order valence-electron chi connectivity index (χ4n) is 2.59. The standard InChI is InChI=1S/C16H18N4O3S/c1-9-11(10(2)23-19-9)4-5-14(21)20(3)8-13-17-12-6-7-24-15(12)16(22)18-13/h6-7H,4-5,8H2,1-3H3,(H,17,18,22). The van der Waals surface area contributed by atoms with Crippen LogP contribution >= 0.6 is 11.3 Å². The van der Waals surface area contributed by atoms with Crippen LogP contribution in [0.3, 0.4) is 0 Å². The van der Waals surface area contributed by atoms with E-state index < -0.39 is 0 Å². The first kappa shape index (κ1) is 16.4. The van der Waals surface area contributed by atoms with Crippen LogP contribution in [0.4, 0.5) is 0 Å². The molecule has 0 aliphatic rings. The molecule has 0 fully saturated rings. The van der Waals surface area contributed by atoms with Gasteiger partial charge in [0.1, 0.15) is 16.3 Å². The summed E-state index contributed by atoms with van der Waals surface area (Å²) in [5.41, 5.74) is 2.29. The van der Waals surface area contributed by atoms with Gasteiger partial charge >= 0.3 is 0 Å². The zero-order chi connectivity index (χ0) is 17.3. The van der Waals surface area contributed by atoms with Crippen molar-refractivity contribution in [1.29, 1.82) is 0 Å². The van der Waals surface area contributed by atoms with Crippen molar-refractivity contribution >= 4 is 27.5 Å². The Bertz CT molecular complexity index is 921. The van der Waals surface area contributed by atoms with Crippen molar-refractivity contribution in [1.82, 2.24) is 20.0 Å². The van der Waals surface area contributed by atoms with E-state index in [-0.39, 0.29) is 18.0 Å².